The lowest BCUT2D eigenvalue weighted by atomic mass is 10.2. The van der Waals surface area contributed by atoms with Crippen LogP contribution >= 0.6 is 11.6 Å². The number of nitrogens with zero attached hydrogens (tertiary/aromatic N) is 1. The third-order valence-corrected chi connectivity index (χ3v) is 2.51. The number of carbonyl (C=O) groups excluding carboxylic acids is 1. The fraction of sp³-hybridized carbons (Fsp3) is 0.286. The van der Waals surface area contributed by atoms with Gasteiger partial charge in [0.25, 0.3) is 0 Å². The van der Waals surface area contributed by atoms with E-state index in [1.807, 2.05) is 32.9 Å². The molecule has 1 amide bonds. The molecule has 0 aliphatic heterocycles. The Kier molecular flexibility index (Phi) is 3.62. The van der Waals surface area contributed by atoms with Crippen LogP contribution < -0.4 is 5.32 Å². The van der Waals surface area contributed by atoms with Gasteiger partial charge in [0.2, 0.25) is 0 Å². The third kappa shape index (κ3) is 3.83. The molecule has 0 fully saturated rings. The van der Waals surface area contributed by atoms with E-state index in [2.05, 4.69) is 10.3 Å². The van der Waals surface area contributed by atoms with Crippen LogP contribution in [0.4, 0.5) is 10.5 Å². The molecule has 0 atom stereocenters. The Labute approximate surface area is 116 Å². The van der Waals surface area contributed by atoms with Crippen LogP contribution in [0, 0.1) is 0 Å². The van der Waals surface area contributed by atoms with E-state index >= 15 is 0 Å². The second-order valence-corrected chi connectivity index (χ2v) is 5.56. The van der Waals surface area contributed by atoms with Gasteiger partial charge in [0.15, 0.2) is 0 Å². The van der Waals surface area contributed by atoms with Crippen molar-refractivity contribution >= 4 is 34.3 Å². The van der Waals surface area contributed by atoms with Crippen LogP contribution in [0.3, 0.4) is 0 Å². The molecule has 0 bridgehead atoms. The highest BCUT2D eigenvalue weighted by Crippen LogP contribution is 2.20. The molecule has 0 aliphatic rings. The number of fused-ring (bicyclic) bond motifs is 1. The van der Waals surface area contributed by atoms with Crippen LogP contribution in [0.2, 0.25) is 5.15 Å². The maximum Gasteiger partial charge on any atom is 0.412 e. The van der Waals surface area contributed by atoms with E-state index in [9.17, 15) is 4.79 Å². The lowest BCUT2D eigenvalue weighted by Crippen LogP contribution is -2.27. The highest BCUT2D eigenvalue weighted by molar-refractivity contribution is 6.29. The van der Waals surface area contributed by atoms with Gasteiger partial charge in [-0.15, -0.1) is 0 Å². The van der Waals surface area contributed by atoms with Gasteiger partial charge in [0.1, 0.15) is 10.8 Å². The standard InChI is InChI=1S/C14H15ClN2O2/c1-14(2,3)19-13(18)16-10-5-6-11-9(8-10)4-7-12(15)17-11/h4-8H,1-3H3,(H,16,18). The monoisotopic (exact) mass is 278 g/mol. The van der Waals surface area contributed by atoms with Gasteiger partial charge in [-0.05, 0) is 51.1 Å². The zero-order chi connectivity index (χ0) is 14.0. The molecule has 0 aliphatic carbocycles. The molecule has 100 valence electrons. The van der Waals surface area contributed by atoms with Crippen LogP contribution in [0.5, 0.6) is 0 Å². The van der Waals surface area contributed by atoms with Gasteiger partial charge in [0, 0.05) is 11.1 Å². The SMILES string of the molecule is CC(C)(C)OC(=O)Nc1ccc2nc(Cl)ccc2c1. The van der Waals surface area contributed by atoms with Gasteiger partial charge in [-0.25, -0.2) is 9.78 Å². The molecule has 0 saturated carbocycles. The quantitative estimate of drug-likeness (QED) is 0.794. The van der Waals surface area contributed by atoms with E-state index in [1.54, 1.807) is 18.2 Å². The molecule has 0 saturated heterocycles. The van der Waals surface area contributed by atoms with Crippen molar-refractivity contribution in [3.8, 4) is 0 Å². The van der Waals surface area contributed by atoms with Crippen LogP contribution in [0.25, 0.3) is 10.9 Å². The van der Waals surface area contributed by atoms with Gasteiger partial charge in [-0.1, -0.05) is 11.6 Å². The number of carbonyl (C=O) groups is 1. The summed E-state index contributed by atoms with van der Waals surface area (Å²) < 4.78 is 5.19. The number of pyridine rings is 1. The third-order valence-electron chi connectivity index (χ3n) is 2.30. The Bertz CT molecular complexity index is 620. The summed E-state index contributed by atoms with van der Waals surface area (Å²) in [4.78, 5) is 15.8. The van der Waals surface area contributed by atoms with E-state index in [0.29, 0.717) is 10.8 Å². The molecule has 1 aromatic heterocycles. The minimum atomic E-state index is -0.518. The Morgan fingerprint density at radius 1 is 1.26 bits per heavy atom. The van der Waals surface area contributed by atoms with Gasteiger partial charge in [0.05, 0.1) is 5.52 Å². The molecule has 0 unspecified atom stereocenters. The number of amides is 1. The maximum atomic E-state index is 11.6. The molecular weight excluding hydrogens is 264 g/mol. The number of ether oxygens (including phenoxy) is 1. The van der Waals surface area contributed by atoms with Crippen LogP contribution in [0.15, 0.2) is 30.3 Å². The Balaban J connectivity index is 2.18. The lowest BCUT2D eigenvalue weighted by molar-refractivity contribution is 0.0636. The number of halogens is 1. The van der Waals surface area contributed by atoms with Crippen molar-refractivity contribution in [3.05, 3.63) is 35.5 Å². The smallest absolute Gasteiger partial charge is 0.412 e. The minimum absolute atomic E-state index is 0.445. The minimum Gasteiger partial charge on any atom is -0.444 e. The Morgan fingerprint density at radius 3 is 2.68 bits per heavy atom. The summed E-state index contributed by atoms with van der Waals surface area (Å²) >= 11 is 5.81. The van der Waals surface area contributed by atoms with Gasteiger partial charge in [-0.3, -0.25) is 5.32 Å². The lowest BCUT2D eigenvalue weighted by Gasteiger charge is -2.19. The van der Waals surface area contributed by atoms with Crippen LogP contribution in [0.1, 0.15) is 20.8 Å². The van der Waals surface area contributed by atoms with E-state index < -0.39 is 11.7 Å². The summed E-state index contributed by atoms with van der Waals surface area (Å²) in [6.45, 7) is 5.46. The first-order chi connectivity index (χ1) is 8.83. The molecule has 1 aromatic carbocycles. The van der Waals surface area contributed by atoms with Crippen molar-refractivity contribution in [2.75, 3.05) is 5.32 Å². The van der Waals surface area contributed by atoms with Crippen molar-refractivity contribution in [1.82, 2.24) is 4.98 Å². The second kappa shape index (κ2) is 5.05. The number of rotatable bonds is 1. The molecule has 19 heavy (non-hydrogen) atoms. The summed E-state index contributed by atoms with van der Waals surface area (Å²) in [7, 11) is 0. The molecule has 1 heterocycles. The zero-order valence-corrected chi connectivity index (χ0v) is 11.8. The molecular formula is C14H15ClN2O2. The molecule has 2 aromatic rings. The number of benzene rings is 1. The fourth-order valence-electron chi connectivity index (χ4n) is 1.60. The van der Waals surface area contributed by atoms with Crippen molar-refractivity contribution in [1.29, 1.82) is 0 Å². The predicted molar refractivity (Wildman–Crippen MR) is 76.6 cm³/mol. The fourth-order valence-corrected chi connectivity index (χ4v) is 1.75. The number of aromatic nitrogens is 1. The second-order valence-electron chi connectivity index (χ2n) is 5.17. The molecule has 2 rings (SSSR count). The van der Waals surface area contributed by atoms with Crippen molar-refractivity contribution in [2.45, 2.75) is 26.4 Å². The van der Waals surface area contributed by atoms with Crippen molar-refractivity contribution < 1.29 is 9.53 Å². The van der Waals surface area contributed by atoms with Crippen molar-refractivity contribution in [3.63, 3.8) is 0 Å². The van der Waals surface area contributed by atoms with Crippen LogP contribution in [-0.2, 0) is 4.74 Å². The largest absolute Gasteiger partial charge is 0.444 e. The molecule has 4 nitrogen and oxygen atoms in total. The van der Waals surface area contributed by atoms with E-state index in [0.717, 1.165) is 10.9 Å². The van der Waals surface area contributed by atoms with Crippen LogP contribution in [-0.4, -0.2) is 16.7 Å². The van der Waals surface area contributed by atoms with Gasteiger partial charge >= 0.3 is 6.09 Å². The molecule has 0 spiro atoms. The first kappa shape index (κ1) is 13.6. The first-order valence-electron chi connectivity index (χ1n) is 5.90. The summed E-state index contributed by atoms with van der Waals surface area (Å²) in [5.41, 5.74) is 0.920. The van der Waals surface area contributed by atoms with Gasteiger partial charge < -0.3 is 4.74 Å². The number of hydrogen-bond donors (Lipinski definition) is 1. The van der Waals surface area contributed by atoms with Crippen molar-refractivity contribution in [2.24, 2.45) is 0 Å². The predicted octanol–water partition coefficient (Wildman–Crippen LogP) is 4.24. The molecule has 1 N–H and O–H groups in total. The Hall–Kier alpha value is -1.81. The maximum absolute atomic E-state index is 11.6. The average Bonchev–Trinajstić information content (AvgIpc) is 2.26. The van der Waals surface area contributed by atoms with Gasteiger partial charge in [-0.2, -0.15) is 0 Å². The average molecular weight is 279 g/mol. The topological polar surface area (TPSA) is 51.2 Å². The Morgan fingerprint density at radius 2 is 2.00 bits per heavy atom. The summed E-state index contributed by atoms with van der Waals surface area (Å²) in [6.07, 6.45) is -0.478. The van der Waals surface area contributed by atoms with E-state index in [4.69, 9.17) is 16.3 Å². The highest BCUT2D eigenvalue weighted by atomic mass is 35.5. The summed E-state index contributed by atoms with van der Waals surface area (Å²) in [5.74, 6) is 0. The van der Waals surface area contributed by atoms with E-state index in [1.165, 1.54) is 0 Å². The zero-order valence-electron chi connectivity index (χ0n) is 11.0. The summed E-state index contributed by atoms with van der Waals surface area (Å²) in [6, 6.07) is 8.94. The highest BCUT2D eigenvalue weighted by Gasteiger charge is 2.16. The number of hydrogen-bond acceptors (Lipinski definition) is 3. The molecule has 0 radical (unpaired) electrons. The molecule has 5 heteroatoms. The van der Waals surface area contributed by atoms with E-state index in [-0.39, 0.29) is 0 Å². The summed E-state index contributed by atoms with van der Waals surface area (Å²) in [5, 5.41) is 4.03. The first-order valence-corrected chi connectivity index (χ1v) is 6.28. The number of anilines is 1. The normalized spacial score (nSPS) is 11.4. The number of nitrogens with one attached hydrogen (secondary N) is 1.